The summed E-state index contributed by atoms with van der Waals surface area (Å²) in [7, 11) is 3.60. The highest BCUT2D eigenvalue weighted by atomic mass is 16.4. The number of hydrogen-bond donors (Lipinski definition) is 0. The molecule has 0 N–H and O–H groups in total. The maximum absolute atomic E-state index is 11.1. The number of aliphatic carboxylic acids is 1. The molecule has 0 saturated carbocycles. The monoisotopic (exact) mass is 228 g/mol. The van der Waals surface area contributed by atoms with Crippen LogP contribution in [0.15, 0.2) is 0 Å². The van der Waals surface area contributed by atoms with Crippen LogP contribution in [0.2, 0.25) is 0 Å². The molecule has 96 valence electrons. The van der Waals surface area contributed by atoms with E-state index in [4.69, 9.17) is 0 Å². The standard InChI is InChI=1S/C13H27NO2/c1-5-6-7-8-9-10-11-13(2,12(15)16)14(3)4/h5-11H2,1-4H3,(H,15,16)/p-1. The molecule has 3 heteroatoms. The minimum atomic E-state index is -0.967. The smallest absolute Gasteiger partial charge is 0.0615 e. The number of hydrogen-bond acceptors (Lipinski definition) is 3. The highest BCUT2D eigenvalue weighted by Crippen LogP contribution is 2.20. The van der Waals surface area contributed by atoms with Crippen molar-refractivity contribution in [2.24, 2.45) is 0 Å². The molecule has 0 aliphatic rings. The summed E-state index contributed by atoms with van der Waals surface area (Å²) in [5, 5.41) is 11.1. The molecular weight excluding hydrogens is 202 g/mol. The minimum absolute atomic E-state index is 0.675. The largest absolute Gasteiger partial charge is 0.548 e. The fourth-order valence-corrected chi connectivity index (χ4v) is 1.76. The van der Waals surface area contributed by atoms with Crippen molar-refractivity contribution in [1.82, 2.24) is 4.90 Å². The lowest BCUT2D eigenvalue weighted by atomic mass is 9.93. The van der Waals surface area contributed by atoms with E-state index in [2.05, 4.69) is 6.92 Å². The lowest BCUT2D eigenvalue weighted by Gasteiger charge is -2.37. The number of carbonyl (C=O) groups is 1. The van der Waals surface area contributed by atoms with Gasteiger partial charge in [0, 0.05) is 0 Å². The summed E-state index contributed by atoms with van der Waals surface area (Å²) < 4.78 is 0. The molecule has 0 fully saturated rings. The highest BCUT2D eigenvalue weighted by molar-refractivity contribution is 5.75. The molecule has 0 amide bonds. The minimum Gasteiger partial charge on any atom is -0.548 e. The van der Waals surface area contributed by atoms with Gasteiger partial charge in [-0.25, -0.2) is 0 Å². The Bertz CT molecular complexity index is 204. The second-order valence-electron chi connectivity index (χ2n) is 4.97. The Kier molecular flexibility index (Phi) is 7.39. The first-order valence-corrected chi connectivity index (χ1v) is 6.34. The Morgan fingerprint density at radius 1 is 1.12 bits per heavy atom. The van der Waals surface area contributed by atoms with Gasteiger partial charge in [0.15, 0.2) is 0 Å². The molecule has 16 heavy (non-hydrogen) atoms. The summed E-state index contributed by atoms with van der Waals surface area (Å²) >= 11 is 0. The Morgan fingerprint density at radius 2 is 1.62 bits per heavy atom. The van der Waals surface area contributed by atoms with Crippen LogP contribution in [0.1, 0.15) is 58.8 Å². The van der Waals surface area contributed by atoms with Crippen molar-refractivity contribution in [1.29, 1.82) is 0 Å². The average molecular weight is 228 g/mol. The number of carbonyl (C=O) groups excluding carboxylic acids is 1. The maximum Gasteiger partial charge on any atom is 0.0615 e. The number of carboxylic acid groups (broad SMARTS) is 1. The number of rotatable bonds is 9. The molecule has 1 atom stereocenters. The number of carboxylic acids is 1. The molecule has 0 aromatic carbocycles. The number of nitrogens with zero attached hydrogens (tertiary/aromatic N) is 1. The molecule has 0 bridgehead atoms. The van der Waals surface area contributed by atoms with Crippen LogP contribution in [0.4, 0.5) is 0 Å². The molecule has 0 aliphatic carbocycles. The van der Waals surface area contributed by atoms with Crippen molar-refractivity contribution >= 4 is 5.97 Å². The van der Waals surface area contributed by atoms with Gasteiger partial charge in [-0.05, 0) is 27.4 Å². The summed E-state index contributed by atoms with van der Waals surface area (Å²) in [5.74, 6) is -0.967. The quantitative estimate of drug-likeness (QED) is 0.565. The van der Waals surface area contributed by atoms with Gasteiger partial charge in [-0.15, -0.1) is 0 Å². The Morgan fingerprint density at radius 3 is 2.06 bits per heavy atom. The molecule has 3 nitrogen and oxygen atoms in total. The third-order valence-electron chi connectivity index (χ3n) is 3.44. The molecule has 0 radical (unpaired) electrons. The van der Waals surface area contributed by atoms with Crippen LogP contribution in [0.5, 0.6) is 0 Å². The van der Waals surface area contributed by atoms with E-state index in [1.54, 1.807) is 25.9 Å². The summed E-state index contributed by atoms with van der Waals surface area (Å²) in [5.41, 5.74) is -0.815. The van der Waals surface area contributed by atoms with E-state index in [9.17, 15) is 9.90 Å². The Balaban J connectivity index is 3.83. The normalized spacial score (nSPS) is 15.1. The van der Waals surface area contributed by atoms with Crippen LogP contribution in [0.25, 0.3) is 0 Å². The highest BCUT2D eigenvalue weighted by Gasteiger charge is 2.27. The SMILES string of the molecule is CCCCCCCCC(C)(C(=O)[O-])N(C)C. The molecule has 1 unspecified atom stereocenters. The Hall–Kier alpha value is -0.570. The topological polar surface area (TPSA) is 43.4 Å². The van der Waals surface area contributed by atoms with Gasteiger partial charge in [-0.2, -0.15) is 0 Å². The van der Waals surface area contributed by atoms with Crippen LogP contribution in [0, 0.1) is 0 Å². The molecule has 0 heterocycles. The van der Waals surface area contributed by atoms with Crippen molar-refractivity contribution < 1.29 is 9.90 Å². The zero-order chi connectivity index (χ0) is 12.6. The second kappa shape index (κ2) is 7.66. The zero-order valence-corrected chi connectivity index (χ0v) is 11.2. The number of likely N-dealkylation sites (N-methyl/N-ethyl adjacent to an activating group) is 1. The van der Waals surface area contributed by atoms with Crippen LogP contribution in [-0.2, 0) is 4.79 Å². The molecule has 0 rings (SSSR count). The maximum atomic E-state index is 11.1. The van der Waals surface area contributed by atoms with Crippen LogP contribution < -0.4 is 5.11 Å². The van der Waals surface area contributed by atoms with Gasteiger partial charge < -0.3 is 9.90 Å². The van der Waals surface area contributed by atoms with Crippen molar-refractivity contribution in [3.05, 3.63) is 0 Å². The third-order valence-corrected chi connectivity index (χ3v) is 3.44. The average Bonchev–Trinajstić information content (AvgIpc) is 2.22. The summed E-state index contributed by atoms with van der Waals surface area (Å²) in [6, 6.07) is 0. The van der Waals surface area contributed by atoms with E-state index in [0.29, 0.717) is 6.42 Å². The van der Waals surface area contributed by atoms with Crippen molar-refractivity contribution in [2.75, 3.05) is 14.1 Å². The van der Waals surface area contributed by atoms with E-state index in [-0.39, 0.29) is 0 Å². The van der Waals surface area contributed by atoms with Gasteiger partial charge in [-0.3, -0.25) is 4.90 Å². The lowest BCUT2D eigenvalue weighted by Crippen LogP contribution is -2.55. The van der Waals surface area contributed by atoms with Crippen LogP contribution in [0.3, 0.4) is 0 Å². The Labute approximate surface area is 99.8 Å². The fourth-order valence-electron chi connectivity index (χ4n) is 1.76. The summed E-state index contributed by atoms with van der Waals surface area (Å²) in [6.07, 6.45) is 7.77. The van der Waals surface area contributed by atoms with Crippen LogP contribution >= 0.6 is 0 Å². The first-order chi connectivity index (χ1) is 7.45. The summed E-state index contributed by atoms with van der Waals surface area (Å²) in [6.45, 7) is 3.94. The summed E-state index contributed by atoms with van der Waals surface area (Å²) in [4.78, 5) is 12.8. The van der Waals surface area contributed by atoms with E-state index >= 15 is 0 Å². The molecule has 0 spiro atoms. The second-order valence-corrected chi connectivity index (χ2v) is 4.97. The van der Waals surface area contributed by atoms with Gasteiger partial charge >= 0.3 is 0 Å². The molecule has 0 aromatic rings. The fraction of sp³-hybridized carbons (Fsp3) is 0.923. The van der Waals surface area contributed by atoms with Gasteiger partial charge in [0.25, 0.3) is 0 Å². The predicted molar refractivity (Wildman–Crippen MR) is 65.1 cm³/mol. The zero-order valence-electron chi connectivity index (χ0n) is 11.2. The van der Waals surface area contributed by atoms with Gasteiger partial charge in [0.1, 0.15) is 0 Å². The number of unbranched alkanes of at least 4 members (excludes halogenated alkanes) is 5. The molecule has 0 aliphatic heterocycles. The molecule has 0 aromatic heterocycles. The van der Waals surface area contributed by atoms with Gasteiger partial charge in [0.05, 0.1) is 11.5 Å². The van der Waals surface area contributed by atoms with Crippen LogP contribution in [-0.4, -0.2) is 30.5 Å². The van der Waals surface area contributed by atoms with E-state index in [1.807, 2.05) is 0 Å². The lowest BCUT2D eigenvalue weighted by molar-refractivity contribution is -0.318. The van der Waals surface area contributed by atoms with E-state index in [0.717, 1.165) is 12.8 Å². The molecule has 0 saturated heterocycles. The first-order valence-electron chi connectivity index (χ1n) is 6.34. The third kappa shape index (κ3) is 4.97. The van der Waals surface area contributed by atoms with E-state index < -0.39 is 11.5 Å². The predicted octanol–water partition coefficient (Wildman–Crippen LogP) is 1.81. The van der Waals surface area contributed by atoms with Gasteiger partial charge in [-0.1, -0.05) is 45.4 Å². The van der Waals surface area contributed by atoms with Gasteiger partial charge in [0.2, 0.25) is 0 Å². The van der Waals surface area contributed by atoms with Crippen molar-refractivity contribution in [2.45, 2.75) is 64.3 Å². The van der Waals surface area contributed by atoms with Crippen molar-refractivity contribution in [3.63, 3.8) is 0 Å². The molecular formula is C13H26NO2-. The van der Waals surface area contributed by atoms with Crippen molar-refractivity contribution in [3.8, 4) is 0 Å². The first kappa shape index (κ1) is 15.4. The van der Waals surface area contributed by atoms with E-state index in [1.165, 1.54) is 25.7 Å².